The molecule has 0 saturated carbocycles. The monoisotopic (exact) mass is 325 g/mol. The zero-order valence-electron chi connectivity index (χ0n) is 11.7. The number of aromatic nitrogens is 4. The third-order valence-electron chi connectivity index (χ3n) is 3.45. The molecule has 23 heavy (non-hydrogen) atoms. The number of imidazole rings is 1. The molecule has 0 aliphatic carbocycles. The number of carbonyl (C=O) groups excluding carboxylic acids is 1. The fourth-order valence-corrected chi connectivity index (χ4v) is 2.36. The van der Waals surface area contributed by atoms with Crippen LogP contribution in [0.25, 0.3) is 11.2 Å². The van der Waals surface area contributed by atoms with Crippen LogP contribution >= 0.6 is 0 Å². The van der Waals surface area contributed by atoms with E-state index in [1.165, 1.54) is 17.2 Å². The van der Waals surface area contributed by atoms with Gasteiger partial charge in [-0.2, -0.15) is 0 Å². The smallest absolute Gasteiger partial charge is 0.330 e. The number of hydrogen-bond acceptors (Lipinski definition) is 9. The summed E-state index contributed by atoms with van der Waals surface area (Å²) in [6.07, 6.45) is -1.83. The molecule has 1 saturated heterocycles. The zero-order chi connectivity index (χ0) is 16.6. The van der Waals surface area contributed by atoms with E-state index in [0.29, 0.717) is 11.2 Å². The summed E-state index contributed by atoms with van der Waals surface area (Å²) in [5.74, 6) is 0.194. The first-order valence-electron chi connectivity index (χ1n) is 6.64. The van der Waals surface area contributed by atoms with Gasteiger partial charge < -0.3 is 25.8 Å². The van der Waals surface area contributed by atoms with E-state index in [4.69, 9.17) is 15.6 Å². The van der Waals surface area contributed by atoms with Gasteiger partial charge in [0.1, 0.15) is 24.6 Å². The average Bonchev–Trinajstić information content (AvgIpc) is 3.08. The molecule has 0 aromatic carbocycles. The lowest BCUT2D eigenvalue weighted by Gasteiger charge is -2.16. The van der Waals surface area contributed by atoms with Crippen molar-refractivity contribution in [3.8, 4) is 0 Å². The van der Waals surface area contributed by atoms with Gasteiger partial charge in [0.2, 0.25) is 0 Å². The second-order valence-electron chi connectivity index (χ2n) is 4.89. The summed E-state index contributed by atoms with van der Waals surface area (Å²) in [7, 11) is 0. The Hall–Kier alpha value is -2.54. The largest absolute Gasteiger partial charge is 0.394 e. The number of nitrogens with one attached hydrogen (secondary N) is 2. The van der Waals surface area contributed by atoms with Gasteiger partial charge in [0.15, 0.2) is 23.2 Å². The number of aliphatic hydroxyl groups is 3. The minimum atomic E-state index is -1.26. The first-order chi connectivity index (χ1) is 11.0. The number of nitrogens with zero attached hydrogens (tertiary/aromatic N) is 4. The summed E-state index contributed by atoms with van der Waals surface area (Å²) >= 11 is 0. The molecule has 12 heteroatoms. The molecule has 3 heterocycles. The van der Waals surface area contributed by atoms with E-state index in [1.807, 2.05) is 0 Å². The predicted octanol–water partition coefficient (Wildman–Crippen LogP) is -2.57. The minimum absolute atomic E-state index is 0.194. The van der Waals surface area contributed by atoms with Crippen molar-refractivity contribution in [2.75, 3.05) is 12.0 Å². The Kier molecular flexibility index (Phi) is 3.96. The van der Waals surface area contributed by atoms with Gasteiger partial charge in [-0.1, -0.05) is 0 Å². The molecule has 3 rings (SSSR count). The van der Waals surface area contributed by atoms with E-state index in [1.54, 1.807) is 0 Å². The highest BCUT2D eigenvalue weighted by Crippen LogP contribution is 2.31. The van der Waals surface area contributed by atoms with Crippen molar-refractivity contribution in [2.45, 2.75) is 24.5 Å². The van der Waals surface area contributed by atoms with Crippen molar-refractivity contribution < 1.29 is 24.9 Å². The molecule has 0 bridgehead atoms. The number of fused-ring (bicyclic) bond motifs is 1. The summed E-state index contributed by atoms with van der Waals surface area (Å²) < 4.78 is 6.83. The van der Waals surface area contributed by atoms with Crippen LogP contribution in [0.2, 0.25) is 0 Å². The molecule has 1 aliphatic rings. The number of rotatable bonds is 4. The average molecular weight is 325 g/mol. The minimum Gasteiger partial charge on any atom is -0.394 e. The van der Waals surface area contributed by atoms with Crippen molar-refractivity contribution in [1.82, 2.24) is 24.9 Å². The van der Waals surface area contributed by atoms with Crippen molar-refractivity contribution in [2.24, 2.45) is 5.73 Å². The number of aliphatic hydroxyl groups excluding tert-OH is 3. The van der Waals surface area contributed by atoms with Crippen LogP contribution in [0.5, 0.6) is 0 Å². The number of amides is 2. The van der Waals surface area contributed by atoms with Crippen LogP contribution in [0.3, 0.4) is 0 Å². The molecule has 0 radical (unpaired) electrons. The first kappa shape index (κ1) is 15.4. The number of hydrogen-bond donors (Lipinski definition) is 6. The lowest BCUT2D eigenvalue weighted by Crippen LogP contribution is -2.34. The third-order valence-corrected chi connectivity index (χ3v) is 3.45. The normalized spacial score (nSPS) is 27.3. The first-order valence-corrected chi connectivity index (χ1v) is 6.64. The number of carbonyl (C=O) groups is 1. The van der Waals surface area contributed by atoms with Gasteiger partial charge in [-0.25, -0.2) is 19.7 Å². The highest BCUT2D eigenvalue weighted by Gasteiger charge is 2.44. The number of urea groups is 1. The van der Waals surface area contributed by atoms with E-state index >= 15 is 0 Å². The highest BCUT2D eigenvalue weighted by atomic mass is 16.6. The summed E-state index contributed by atoms with van der Waals surface area (Å²) in [6.45, 7) is -0.439. The second-order valence-corrected chi connectivity index (χ2v) is 4.89. The van der Waals surface area contributed by atoms with Crippen LogP contribution in [0, 0.1) is 0 Å². The fraction of sp³-hybridized carbons (Fsp3) is 0.455. The molecular formula is C11H15N7O5. The molecule has 1 fully saturated rings. The van der Waals surface area contributed by atoms with Gasteiger partial charge in [-0.15, -0.1) is 0 Å². The topological polar surface area (TPSA) is 181 Å². The SMILES string of the molecule is NC(=O)NNc1ncnc2c1ncn2[C@@H]1O[C@H](CO)[C@@H](O)[C@H]1O. The molecule has 2 aromatic heterocycles. The Morgan fingerprint density at radius 2 is 2.13 bits per heavy atom. The van der Waals surface area contributed by atoms with Gasteiger partial charge >= 0.3 is 6.03 Å². The molecule has 12 nitrogen and oxygen atoms in total. The molecule has 2 amide bonds. The molecule has 2 aromatic rings. The number of primary amides is 1. The highest BCUT2D eigenvalue weighted by molar-refractivity contribution is 5.84. The van der Waals surface area contributed by atoms with Crippen LogP contribution in [0.4, 0.5) is 10.6 Å². The maximum atomic E-state index is 10.7. The van der Waals surface area contributed by atoms with E-state index in [9.17, 15) is 15.0 Å². The van der Waals surface area contributed by atoms with E-state index in [0.717, 1.165) is 0 Å². The summed E-state index contributed by atoms with van der Waals surface area (Å²) in [5.41, 5.74) is 10.2. The summed E-state index contributed by atoms with van der Waals surface area (Å²) in [4.78, 5) is 22.8. The molecule has 0 unspecified atom stereocenters. The van der Waals surface area contributed by atoms with Gasteiger partial charge in [0.05, 0.1) is 12.9 Å². The van der Waals surface area contributed by atoms with Crippen molar-refractivity contribution in [3.05, 3.63) is 12.7 Å². The molecule has 1 aliphatic heterocycles. The van der Waals surface area contributed by atoms with E-state index < -0.39 is 37.2 Å². The number of hydrazine groups is 1. The Balaban J connectivity index is 1.94. The molecule has 4 atom stereocenters. The number of anilines is 1. The second kappa shape index (κ2) is 5.92. The lowest BCUT2D eigenvalue weighted by atomic mass is 10.1. The van der Waals surface area contributed by atoms with Crippen LogP contribution in [0.1, 0.15) is 6.23 Å². The quantitative estimate of drug-likeness (QED) is 0.329. The van der Waals surface area contributed by atoms with Crippen LogP contribution in [-0.2, 0) is 4.74 Å². The van der Waals surface area contributed by atoms with Gasteiger partial charge in [-0.05, 0) is 0 Å². The molecule has 124 valence electrons. The fourth-order valence-electron chi connectivity index (χ4n) is 2.36. The maximum absolute atomic E-state index is 10.7. The maximum Gasteiger partial charge on any atom is 0.330 e. The summed E-state index contributed by atoms with van der Waals surface area (Å²) in [5, 5.41) is 29.0. The van der Waals surface area contributed by atoms with Crippen molar-refractivity contribution >= 4 is 23.0 Å². The third kappa shape index (κ3) is 2.63. The Bertz CT molecular complexity index is 722. The molecule has 0 spiro atoms. The lowest BCUT2D eigenvalue weighted by molar-refractivity contribution is -0.0511. The van der Waals surface area contributed by atoms with Gasteiger partial charge in [0.25, 0.3) is 0 Å². The van der Waals surface area contributed by atoms with E-state index in [-0.39, 0.29) is 5.82 Å². The zero-order valence-corrected chi connectivity index (χ0v) is 11.7. The van der Waals surface area contributed by atoms with Crippen molar-refractivity contribution in [3.63, 3.8) is 0 Å². The Morgan fingerprint density at radius 1 is 1.35 bits per heavy atom. The van der Waals surface area contributed by atoms with E-state index in [2.05, 4.69) is 25.8 Å². The van der Waals surface area contributed by atoms with Crippen molar-refractivity contribution in [1.29, 1.82) is 0 Å². The Morgan fingerprint density at radius 3 is 2.78 bits per heavy atom. The van der Waals surface area contributed by atoms with Gasteiger partial charge in [-0.3, -0.25) is 15.4 Å². The van der Waals surface area contributed by atoms with Gasteiger partial charge in [0, 0.05) is 0 Å². The Labute approximate surface area is 128 Å². The predicted molar refractivity (Wildman–Crippen MR) is 74.7 cm³/mol. The number of nitrogens with two attached hydrogens (primary N) is 1. The van der Waals surface area contributed by atoms with Crippen LogP contribution in [0.15, 0.2) is 12.7 Å². The molecule has 7 N–H and O–H groups in total. The summed E-state index contributed by atoms with van der Waals surface area (Å²) in [6, 6.07) is -0.806. The standard InChI is InChI=1S/C11H15N7O5/c12-11(22)17-16-8-5-9(14-2-13-8)18(3-15-5)10-7(21)6(20)4(1-19)23-10/h2-4,6-7,10,19-21H,1H2,(H3,12,17,22)(H,13,14,16)/t4-,6-,7-,10-/m1/s1. The molecular weight excluding hydrogens is 310 g/mol. The number of ether oxygens (including phenoxy) is 1. The van der Waals surface area contributed by atoms with Crippen LogP contribution < -0.4 is 16.6 Å². The van der Waals surface area contributed by atoms with Crippen LogP contribution in [-0.4, -0.2) is 65.8 Å².